The number of aromatic amines is 1. The second-order valence-electron chi connectivity index (χ2n) is 4.70. The second kappa shape index (κ2) is 6.10. The lowest BCUT2D eigenvalue weighted by Crippen LogP contribution is -2.26. The summed E-state index contributed by atoms with van der Waals surface area (Å²) in [6, 6.07) is 10.1. The first-order valence-electron chi connectivity index (χ1n) is 6.74. The molecule has 0 fully saturated rings. The number of rotatable bonds is 3. The first-order chi connectivity index (χ1) is 11.2. The first kappa shape index (κ1) is 14.5. The van der Waals surface area contributed by atoms with Crippen LogP contribution in [0, 0.1) is 0 Å². The lowest BCUT2D eigenvalue weighted by Gasteiger charge is -2.05. The quantitative estimate of drug-likeness (QED) is 0.502. The molecule has 3 rings (SSSR count). The van der Waals surface area contributed by atoms with Crippen molar-refractivity contribution in [1.29, 1.82) is 0 Å². The molecule has 0 spiro atoms. The lowest BCUT2D eigenvalue weighted by molar-refractivity contribution is 0.0951. The minimum absolute atomic E-state index is 0.374. The van der Waals surface area contributed by atoms with Crippen LogP contribution >= 0.6 is 0 Å². The van der Waals surface area contributed by atoms with Gasteiger partial charge in [-0.15, -0.1) is 0 Å². The summed E-state index contributed by atoms with van der Waals surface area (Å²) in [6.45, 7) is 0. The number of carbonyl (C=O) groups excluding carboxylic acids is 1. The van der Waals surface area contributed by atoms with E-state index in [1.54, 1.807) is 48.8 Å². The predicted octanol–water partition coefficient (Wildman–Crippen LogP) is 1.39. The van der Waals surface area contributed by atoms with E-state index in [0.717, 1.165) is 5.56 Å². The Morgan fingerprint density at radius 2 is 1.96 bits per heavy atom. The Balaban J connectivity index is 1.89. The molecule has 0 aliphatic rings. The molecule has 0 aliphatic heterocycles. The van der Waals surface area contributed by atoms with E-state index < -0.39 is 11.5 Å². The van der Waals surface area contributed by atoms with Gasteiger partial charge in [0, 0.05) is 17.8 Å². The van der Waals surface area contributed by atoms with E-state index in [9.17, 15) is 14.7 Å². The molecule has 1 amide bonds. The number of para-hydroxylation sites is 1. The normalized spacial score (nSPS) is 11.0. The number of aromatic nitrogens is 2. The molecule has 0 unspecified atom stereocenters. The first-order valence-corrected chi connectivity index (χ1v) is 6.74. The fourth-order valence-electron chi connectivity index (χ4n) is 2.11. The molecular formula is C16H12N4O3. The number of H-pyrrole nitrogens is 1. The standard InChI is InChI=1S/C16H12N4O3/c21-14-11-3-1-2-4-12(11)19-15(22)13(14)16(23)20-18-9-10-5-7-17-8-6-10/h1-9H,(H,20,23)(H2,19,21,22). The molecule has 0 radical (unpaired) electrons. The summed E-state index contributed by atoms with van der Waals surface area (Å²) in [5.41, 5.74) is 2.35. The number of hydrazone groups is 1. The molecule has 7 heteroatoms. The van der Waals surface area contributed by atoms with E-state index in [1.165, 1.54) is 6.21 Å². The van der Waals surface area contributed by atoms with Crippen LogP contribution in [-0.4, -0.2) is 27.2 Å². The van der Waals surface area contributed by atoms with E-state index in [2.05, 4.69) is 20.5 Å². The van der Waals surface area contributed by atoms with Crippen molar-refractivity contribution in [2.45, 2.75) is 0 Å². The number of hydrogen-bond donors (Lipinski definition) is 3. The van der Waals surface area contributed by atoms with Crippen molar-refractivity contribution in [3.8, 4) is 5.75 Å². The average Bonchev–Trinajstić information content (AvgIpc) is 2.56. The van der Waals surface area contributed by atoms with Crippen LogP contribution in [0.2, 0.25) is 0 Å². The fraction of sp³-hybridized carbons (Fsp3) is 0. The largest absolute Gasteiger partial charge is 0.506 e. The van der Waals surface area contributed by atoms with Crippen LogP contribution in [0.25, 0.3) is 10.9 Å². The van der Waals surface area contributed by atoms with E-state index in [1.807, 2.05) is 0 Å². The summed E-state index contributed by atoms with van der Waals surface area (Å²) in [5, 5.41) is 14.3. The van der Waals surface area contributed by atoms with E-state index in [-0.39, 0.29) is 11.3 Å². The molecule has 0 saturated carbocycles. The number of carbonyl (C=O) groups is 1. The summed E-state index contributed by atoms with van der Waals surface area (Å²) >= 11 is 0. The molecule has 0 aliphatic carbocycles. The minimum Gasteiger partial charge on any atom is -0.506 e. The maximum absolute atomic E-state index is 12.1. The summed E-state index contributed by atoms with van der Waals surface area (Å²) in [5.74, 6) is -1.17. The van der Waals surface area contributed by atoms with Crippen molar-refractivity contribution >= 4 is 23.0 Å². The molecule has 1 aromatic carbocycles. The summed E-state index contributed by atoms with van der Waals surface area (Å²) in [7, 11) is 0. The van der Waals surface area contributed by atoms with Gasteiger partial charge in [0.25, 0.3) is 11.5 Å². The highest BCUT2D eigenvalue weighted by Gasteiger charge is 2.18. The number of amides is 1. The van der Waals surface area contributed by atoms with E-state index in [4.69, 9.17) is 0 Å². The second-order valence-corrected chi connectivity index (χ2v) is 4.70. The van der Waals surface area contributed by atoms with Gasteiger partial charge in [-0.2, -0.15) is 5.10 Å². The van der Waals surface area contributed by atoms with Crippen molar-refractivity contribution in [3.05, 3.63) is 70.3 Å². The van der Waals surface area contributed by atoms with Crippen molar-refractivity contribution in [1.82, 2.24) is 15.4 Å². The van der Waals surface area contributed by atoms with Crippen LogP contribution in [-0.2, 0) is 0 Å². The SMILES string of the molecule is O=C(NN=Cc1ccncc1)c1c(O)c2ccccc2[nH]c1=O. The van der Waals surface area contributed by atoms with Gasteiger partial charge < -0.3 is 10.1 Å². The molecule has 114 valence electrons. The van der Waals surface area contributed by atoms with Gasteiger partial charge >= 0.3 is 0 Å². The van der Waals surface area contributed by atoms with Crippen LogP contribution < -0.4 is 11.0 Å². The summed E-state index contributed by atoms with van der Waals surface area (Å²) < 4.78 is 0. The molecule has 0 saturated heterocycles. The highest BCUT2D eigenvalue weighted by Crippen LogP contribution is 2.24. The van der Waals surface area contributed by atoms with Gasteiger partial charge in [-0.05, 0) is 29.8 Å². The topological polar surface area (TPSA) is 107 Å². The minimum atomic E-state index is -0.792. The van der Waals surface area contributed by atoms with Gasteiger partial charge in [0.1, 0.15) is 11.3 Å². The predicted molar refractivity (Wildman–Crippen MR) is 85.5 cm³/mol. The number of nitrogens with zero attached hydrogens (tertiary/aromatic N) is 2. The lowest BCUT2D eigenvalue weighted by atomic mass is 10.1. The van der Waals surface area contributed by atoms with Gasteiger partial charge in [-0.25, -0.2) is 5.43 Å². The zero-order chi connectivity index (χ0) is 16.2. The Labute approximate surface area is 130 Å². The number of hydrogen-bond acceptors (Lipinski definition) is 5. The number of fused-ring (bicyclic) bond motifs is 1. The van der Waals surface area contributed by atoms with Crippen molar-refractivity contribution in [2.75, 3.05) is 0 Å². The summed E-state index contributed by atoms with van der Waals surface area (Å²) in [4.78, 5) is 30.5. The van der Waals surface area contributed by atoms with Gasteiger partial charge in [0.15, 0.2) is 0 Å². The van der Waals surface area contributed by atoms with Gasteiger partial charge in [-0.1, -0.05) is 12.1 Å². The van der Waals surface area contributed by atoms with Gasteiger partial charge in [0.05, 0.1) is 11.7 Å². The molecule has 23 heavy (non-hydrogen) atoms. The number of nitrogens with one attached hydrogen (secondary N) is 2. The molecule has 2 aromatic heterocycles. The maximum Gasteiger partial charge on any atom is 0.280 e. The molecular weight excluding hydrogens is 296 g/mol. The zero-order valence-electron chi connectivity index (χ0n) is 11.9. The van der Waals surface area contributed by atoms with Crippen LogP contribution in [0.5, 0.6) is 5.75 Å². The Kier molecular flexibility index (Phi) is 3.84. The maximum atomic E-state index is 12.1. The van der Waals surface area contributed by atoms with Crippen molar-refractivity contribution < 1.29 is 9.90 Å². The summed E-state index contributed by atoms with van der Waals surface area (Å²) in [6.07, 6.45) is 4.58. The third-order valence-electron chi connectivity index (χ3n) is 3.21. The van der Waals surface area contributed by atoms with Crippen LogP contribution in [0.4, 0.5) is 0 Å². The Morgan fingerprint density at radius 1 is 1.22 bits per heavy atom. The Morgan fingerprint density at radius 3 is 2.74 bits per heavy atom. The third kappa shape index (κ3) is 2.93. The number of aromatic hydroxyl groups is 1. The van der Waals surface area contributed by atoms with E-state index in [0.29, 0.717) is 10.9 Å². The van der Waals surface area contributed by atoms with Crippen LogP contribution in [0.3, 0.4) is 0 Å². The molecule has 0 atom stereocenters. The van der Waals surface area contributed by atoms with Gasteiger partial charge in [-0.3, -0.25) is 14.6 Å². The third-order valence-corrected chi connectivity index (χ3v) is 3.21. The molecule has 3 aromatic rings. The van der Waals surface area contributed by atoms with Gasteiger partial charge in [0.2, 0.25) is 0 Å². The number of pyridine rings is 2. The highest BCUT2D eigenvalue weighted by molar-refractivity contribution is 6.02. The van der Waals surface area contributed by atoms with E-state index >= 15 is 0 Å². The fourth-order valence-corrected chi connectivity index (χ4v) is 2.11. The molecule has 3 N–H and O–H groups in total. The highest BCUT2D eigenvalue weighted by atomic mass is 16.3. The molecule has 0 bridgehead atoms. The molecule has 7 nitrogen and oxygen atoms in total. The Bertz CT molecular complexity index is 948. The van der Waals surface area contributed by atoms with Crippen molar-refractivity contribution in [2.24, 2.45) is 5.10 Å². The van der Waals surface area contributed by atoms with Crippen molar-refractivity contribution in [3.63, 3.8) is 0 Å². The average molecular weight is 308 g/mol. The Hall–Kier alpha value is -3.48. The zero-order valence-corrected chi connectivity index (χ0v) is 11.9. The van der Waals surface area contributed by atoms with Crippen LogP contribution in [0.15, 0.2) is 58.7 Å². The monoisotopic (exact) mass is 308 g/mol. The van der Waals surface area contributed by atoms with Crippen LogP contribution in [0.1, 0.15) is 15.9 Å². The smallest absolute Gasteiger partial charge is 0.280 e. The number of benzene rings is 1. The molecule has 2 heterocycles.